The molecule has 1 saturated carbocycles. The van der Waals surface area contributed by atoms with Gasteiger partial charge in [-0.1, -0.05) is 0 Å². The molecule has 2 aromatic rings. The first kappa shape index (κ1) is 11.3. The van der Waals surface area contributed by atoms with Crippen molar-refractivity contribution in [1.29, 1.82) is 0 Å². The van der Waals surface area contributed by atoms with Crippen LogP contribution in [0, 0.1) is 12.8 Å². The van der Waals surface area contributed by atoms with Crippen LogP contribution in [0.1, 0.15) is 23.9 Å². The van der Waals surface area contributed by atoms with Gasteiger partial charge in [-0.3, -0.25) is 4.79 Å². The summed E-state index contributed by atoms with van der Waals surface area (Å²) in [6, 6.07) is 0.360. The van der Waals surface area contributed by atoms with Crippen molar-refractivity contribution in [3.8, 4) is 0 Å². The molecular formula is C11H13N5OS. The van der Waals surface area contributed by atoms with E-state index in [2.05, 4.69) is 20.5 Å². The first-order valence-corrected chi connectivity index (χ1v) is 6.61. The Balaban J connectivity index is 1.54. The predicted octanol–water partition coefficient (Wildman–Crippen LogP) is 1.63. The minimum Gasteiger partial charge on any atom is -0.317 e. The van der Waals surface area contributed by atoms with E-state index in [1.807, 2.05) is 11.5 Å². The van der Waals surface area contributed by atoms with Gasteiger partial charge in [-0.2, -0.15) is 0 Å². The number of carbonyl (C=O) groups is 1. The van der Waals surface area contributed by atoms with E-state index in [9.17, 15) is 4.79 Å². The molecule has 2 aromatic heterocycles. The fraction of sp³-hybridized carbons (Fsp3) is 0.455. The molecule has 1 fully saturated rings. The van der Waals surface area contributed by atoms with Crippen LogP contribution in [0.3, 0.4) is 0 Å². The Morgan fingerprint density at radius 2 is 2.17 bits per heavy atom. The minimum atomic E-state index is 0.0832. The first-order chi connectivity index (χ1) is 8.72. The summed E-state index contributed by atoms with van der Waals surface area (Å²) in [5.74, 6) is 0.169. The van der Waals surface area contributed by atoms with Crippen LogP contribution in [-0.4, -0.2) is 25.7 Å². The van der Waals surface area contributed by atoms with Gasteiger partial charge in [0.2, 0.25) is 5.91 Å². The molecule has 0 unspecified atom stereocenters. The minimum absolute atomic E-state index is 0.0832. The van der Waals surface area contributed by atoms with Gasteiger partial charge >= 0.3 is 0 Å². The number of amides is 1. The molecule has 0 radical (unpaired) electrons. The van der Waals surface area contributed by atoms with Gasteiger partial charge in [-0.25, -0.2) is 4.98 Å². The van der Waals surface area contributed by atoms with E-state index in [0.717, 1.165) is 22.9 Å². The zero-order valence-electron chi connectivity index (χ0n) is 9.91. The molecule has 18 heavy (non-hydrogen) atoms. The quantitative estimate of drug-likeness (QED) is 0.913. The van der Waals surface area contributed by atoms with Crippen molar-refractivity contribution in [2.45, 2.75) is 25.8 Å². The highest BCUT2D eigenvalue weighted by Crippen LogP contribution is 2.38. The van der Waals surface area contributed by atoms with Crippen molar-refractivity contribution in [3.63, 3.8) is 0 Å². The van der Waals surface area contributed by atoms with Gasteiger partial charge < -0.3 is 9.88 Å². The lowest BCUT2D eigenvalue weighted by atomic mass is 9.79. The number of thiazole rings is 1. The van der Waals surface area contributed by atoms with E-state index in [1.54, 1.807) is 18.9 Å². The average Bonchev–Trinajstić information content (AvgIpc) is 2.88. The van der Waals surface area contributed by atoms with Crippen LogP contribution in [0.2, 0.25) is 0 Å². The van der Waals surface area contributed by atoms with Gasteiger partial charge in [-0.05, 0) is 19.8 Å². The average molecular weight is 263 g/mol. The summed E-state index contributed by atoms with van der Waals surface area (Å²) in [6.45, 7) is 1.92. The number of hydrogen-bond acceptors (Lipinski definition) is 5. The predicted molar refractivity (Wildman–Crippen MR) is 67.3 cm³/mol. The number of aryl methyl sites for hydroxylation is 1. The third kappa shape index (κ3) is 2.13. The topological polar surface area (TPSA) is 72.7 Å². The molecule has 1 amide bonds. The Morgan fingerprint density at radius 1 is 1.44 bits per heavy atom. The second-order valence-electron chi connectivity index (χ2n) is 4.46. The van der Waals surface area contributed by atoms with E-state index in [4.69, 9.17) is 0 Å². The van der Waals surface area contributed by atoms with Gasteiger partial charge in [0.25, 0.3) is 0 Å². The number of aromatic nitrogens is 4. The maximum atomic E-state index is 11.9. The van der Waals surface area contributed by atoms with Crippen molar-refractivity contribution in [2.75, 3.05) is 5.32 Å². The molecule has 2 heterocycles. The highest BCUT2D eigenvalue weighted by molar-refractivity contribution is 7.15. The van der Waals surface area contributed by atoms with Gasteiger partial charge in [0, 0.05) is 12.0 Å². The largest absolute Gasteiger partial charge is 0.317 e. The summed E-state index contributed by atoms with van der Waals surface area (Å²) >= 11 is 1.50. The molecule has 0 aromatic carbocycles. The number of nitrogens with one attached hydrogen (secondary N) is 1. The van der Waals surface area contributed by atoms with Gasteiger partial charge in [0.1, 0.15) is 17.7 Å². The number of rotatable bonds is 3. The van der Waals surface area contributed by atoms with Gasteiger partial charge in [-0.15, -0.1) is 21.5 Å². The third-order valence-corrected chi connectivity index (χ3v) is 4.04. The van der Waals surface area contributed by atoms with Gasteiger partial charge in [0.15, 0.2) is 0 Å². The summed E-state index contributed by atoms with van der Waals surface area (Å²) in [5.41, 5.74) is 0. The van der Waals surface area contributed by atoms with Crippen molar-refractivity contribution in [2.24, 2.45) is 5.92 Å². The maximum Gasteiger partial charge on any atom is 0.228 e. The van der Waals surface area contributed by atoms with E-state index in [1.165, 1.54) is 11.3 Å². The Labute approximate surface area is 108 Å². The number of anilines is 1. The molecule has 0 spiro atoms. The van der Waals surface area contributed by atoms with Crippen LogP contribution in [0.5, 0.6) is 0 Å². The Bertz CT molecular complexity index is 544. The summed E-state index contributed by atoms with van der Waals surface area (Å²) in [7, 11) is 0. The van der Waals surface area contributed by atoms with E-state index in [0.29, 0.717) is 6.04 Å². The summed E-state index contributed by atoms with van der Waals surface area (Å²) in [5, 5.41) is 12.2. The van der Waals surface area contributed by atoms with Crippen molar-refractivity contribution in [3.05, 3.63) is 23.9 Å². The van der Waals surface area contributed by atoms with Crippen molar-refractivity contribution in [1.82, 2.24) is 19.7 Å². The molecule has 94 valence electrons. The zero-order valence-corrected chi connectivity index (χ0v) is 10.7. The Kier molecular flexibility index (Phi) is 2.83. The first-order valence-electron chi connectivity index (χ1n) is 5.80. The second-order valence-corrected chi connectivity index (χ2v) is 5.70. The standard InChI is InChI=1S/C11H13N5OS/c1-7-12-4-10(18-7)15-11(17)8-2-9(3-8)16-5-13-14-6-16/h4-6,8-9H,2-3H2,1H3,(H,15,17). The molecule has 0 atom stereocenters. The van der Waals surface area contributed by atoms with E-state index >= 15 is 0 Å². The molecule has 0 saturated heterocycles. The highest BCUT2D eigenvalue weighted by Gasteiger charge is 2.35. The fourth-order valence-electron chi connectivity index (χ4n) is 2.09. The summed E-state index contributed by atoms with van der Waals surface area (Å²) in [4.78, 5) is 16.1. The van der Waals surface area contributed by atoms with Crippen LogP contribution >= 0.6 is 11.3 Å². The van der Waals surface area contributed by atoms with Gasteiger partial charge in [0.05, 0.1) is 11.2 Å². The SMILES string of the molecule is Cc1ncc(NC(=O)C2CC(n3cnnc3)C2)s1. The smallest absolute Gasteiger partial charge is 0.228 e. The fourth-order valence-corrected chi connectivity index (χ4v) is 2.77. The molecule has 7 heteroatoms. The number of carbonyl (C=O) groups excluding carboxylic acids is 1. The van der Waals surface area contributed by atoms with E-state index < -0.39 is 0 Å². The van der Waals surface area contributed by atoms with Crippen LogP contribution in [0.25, 0.3) is 0 Å². The lowest BCUT2D eigenvalue weighted by molar-refractivity contribution is -0.123. The van der Waals surface area contributed by atoms with E-state index in [-0.39, 0.29) is 11.8 Å². The zero-order chi connectivity index (χ0) is 12.5. The molecule has 1 aliphatic rings. The number of hydrogen-bond donors (Lipinski definition) is 1. The Morgan fingerprint density at radius 3 is 2.78 bits per heavy atom. The lowest BCUT2D eigenvalue weighted by Gasteiger charge is -2.34. The van der Waals surface area contributed by atoms with Crippen molar-refractivity contribution >= 4 is 22.2 Å². The van der Waals surface area contributed by atoms with Crippen LogP contribution < -0.4 is 5.32 Å². The molecular weight excluding hydrogens is 250 g/mol. The van der Waals surface area contributed by atoms with Crippen LogP contribution in [0.15, 0.2) is 18.9 Å². The summed E-state index contributed by atoms with van der Waals surface area (Å²) in [6.07, 6.45) is 6.80. The third-order valence-electron chi connectivity index (χ3n) is 3.21. The lowest BCUT2D eigenvalue weighted by Crippen LogP contribution is -2.35. The van der Waals surface area contributed by atoms with Crippen LogP contribution in [0.4, 0.5) is 5.00 Å². The second kappa shape index (κ2) is 4.49. The molecule has 1 N–H and O–H groups in total. The number of nitrogens with zero attached hydrogens (tertiary/aromatic N) is 4. The monoisotopic (exact) mass is 263 g/mol. The Hall–Kier alpha value is -1.76. The molecule has 3 rings (SSSR count). The molecule has 6 nitrogen and oxygen atoms in total. The highest BCUT2D eigenvalue weighted by atomic mass is 32.1. The van der Waals surface area contributed by atoms with Crippen LogP contribution in [-0.2, 0) is 4.79 Å². The maximum absolute atomic E-state index is 11.9. The molecule has 0 bridgehead atoms. The summed E-state index contributed by atoms with van der Waals surface area (Å²) < 4.78 is 1.96. The normalized spacial score (nSPS) is 22.5. The molecule has 0 aliphatic heterocycles. The molecule has 1 aliphatic carbocycles. The van der Waals surface area contributed by atoms with Crippen molar-refractivity contribution < 1.29 is 4.79 Å².